The van der Waals surface area contributed by atoms with Crippen molar-refractivity contribution in [2.45, 2.75) is 51.1 Å². The summed E-state index contributed by atoms with van der Waals surface area (Å²) in [6, 6.07) is 11.6. The molecule has 0 aromatic heterocycles. The largest absolute Gasteiger partial charge is 0.497 e. The number of hydrogen-bond acceptors (Lipinski definition) is 5. The number of carbonyl (C=O) groups is 3. The van der Waals surface area contributed by atoms with E-state index in [-0.39, 0.29) is 30.2 Å². The third-order valence-electron chi connectivity index (χ3n) is 7.94. The number of esters is 1. The molecule has 8 heteroatoms. The third kappa shape index (κ3) is 3.51. The Balaban J connectivity index is 1.56. The Morgan fingerprint density at radius 1 is 1.20 bits per heavy atom. The monoisotopic (exact) mass is 496 g/mol. The number of halogens is 1. The Bertz CT molecular complexity index is 1210. The SMILES string of the molecule is COc1ccc2c(c1)OC(=O)[C@H]1C[C@]3(C)CN([C@H](C(=O)NC(C)C)c4ccc(Cl)cc4)C(=O)C[C@]213. The fourth-order valence-electron chi connectivity index (χ4n) is 6.31. The molecule has 7 nitrogen and oxygen atoms in total. The van der Waals surface area contributed by atoms with Crippen molar-refractivity contribution in [1.82, 2.24) is 10.2 Å². The number of nitrogens with zero attached hydrogens (tertiary/aromatic N) is 1. The molecule has 0 unspecified atom stereocenters. The molecule has 3 aliphatic rings. The summed E-state index contributed by atoms with van der Waals surface area (Å²) in [6.07, 6.45) is 0.710. The molecular formula is C27H29ClN2O5. The van der Waals surface area contributed by atoms with Crippen LogP contribution in [0.3, 0.4) is 0 Å². The Morgan fingerprint density at radius 3 is 2.57 bits per heavy atom. The Labute approximate surface area is 209 Å². The van der Waals surface area contributed by atoms with E-state index >= 15 is 0 Å². The number of carbonyl (C=O) groups excluding carboxylic acids is 3. The molecule has 2 heterocycles. The van der Waals surface area contributed by atoms with Gasteiger partial charge in [0, 0.05) is 41.1 Å². The van der Waals surface area contributed by atoms with Gasteiger partial charge < -0.3 is 19.7 Å². The number of methoxy groups -OCH3 is 1. The molecule has 1 spiro atoms. The van der Waals surface area contributed by atoms with Gasteiger partial charge in [0.2, 0.25) is 11.8 Å². The minimum Gasteiger partial charge on any atom is -0.497 e. The molecule has 2 amide bonds. The predicted molar refractivity (Wildman–Crippen MR) is 130 cm³/mol. The Kier molecular flexibility index (Phi) is 5.59. The summed E-state index contributed by atoms with van der Waals surface area (Å²) in [4.78, 5) is 41.8. The standard InChI is InChI=1S/C27H29ClN2O5/c1-15(2)29-24(32)23(16-5-7-17(28)8-6-16)30-14-26(3)12-20-25(33)35-21-11-18(34-4)9-10-19(21)27(20,26)13-22(30)31/h5-11,15,20,23H,12-14H2,1-4H3,(H,29,32)/t20-,23+,26-,27+/m1/s1. The lowest BCUT2D eigenvalue weighted by Crippen LogP contribution is -2.73. The lowest BCUT2D eigenvalue weighted by atomic mass is 9.39. The second-order valence-electron chi connectivity index (χ2n) is 10.4. The highest BCUT2D eigenvalue weighted by Gasteiger charge is 2.72. The highest BCUT2D eigenvalue weighted by molar-refractivity contribution is 6.30. The number of piperidine rings is 1. The van der Waals surface area contributed by atoms with Gasteiger partial charge in [-0.15, -0.1) is 0 Å². The lowest BCUT2D eigenvalue weighted by molar-refractivity contribution is -0.188. The maximum absolute atomic E-state index is 13.8. The maximum Gasteiger partial charge on any atom is 0.315 e. The van der Waals surface area contributed by atoms with Crippen molar-refractivity contribution in [2.24, 2.45) is 11.3 Å². The Hall–Kier alpha value is -3.06. The summed E-state index contributed by atoms with van der Waals surface area (Å²) in [7, 11) is 1.56. The summed E-state index contributed by atoms with van der Waals surface area (Å²) < 4.78 is 11.0. The summed E-state index contributed by atoms with van der Waals surface area (Å²) in [5.74, 6) is -0.0649. The van der Waals surface area contributed by atoms with Gasteiger partial charge in [0.1, 0.15) is 17.5 Å². The van der Waals surface area contributed by atoms with Gasteiger partial charge in [-0.05, 0) is 49.4 Å². The van der Waals surface area contributed by atoms with Crippen molar-refractivity contribution in [3.63, 3.8) is 0 Å². The molecule has 2 aliphatic heterocycles. The molecule has 0 bridgehead atoms. The Morgan fingerprint density at radius 2 is 1.91 bits per heavy atom. The molecule has 0 radical (unpaired) electrons. The molecule has 184 valence electrons. The van der Waals surface area contributed by atoms with Crippen LogP contribution < -0.4 is 14.8 Å². The van der Waals surface area contributed by atoms with Gasteiger partial charge in [-0.25, -0.2) is 0 Å². The van der Waals surface area contributed by atoms with Gasteiger partial charge >= 0.3 is 5.97 Å². The summed E-state index contributed by atoms with van der Waals surface area (Å²) in [6.45, 7) is 6.23. The van der Waals surface area contributed by atoms with Crippen molar-refractivity contribution in [1.29, 1.82) is 0 Å². The second-order valence-corrected chi connectivity index (χ2v) is 10.8. The van der Waals surface area contributed by atoms with Crippen LogP contribution in [0.4, 0.5) is 0 Å². The van der Waals surface area contributed by atoms with E-state index in [4.69, 9.17) is 21.1 Å². The number of ether oxygens (including phenoxy) is 2. The zero-order valence-corrected chi connectivity index (χ0v) is 21.0. The van der Waals surface area contributed by atoms with Crippen LogP contribution in [-0.4, -0.2) is 42.4 Å². The van der Waals surface area contributed by atoms with Gasteiger partial charge in [-0.2, -0.15) is 0 Å². The van der Waals surface area contributed by atoms with E-state index < -0.39 is 22.8 Å². The van der Waals surface area contributed by atoms with E-state index in [1.807, 2.05) is 26.0 Å². The van der Waals surface area contributed by atoms with E-state index in [9.17, 15) is 14.4 Å². The summed E-state index contributed by atoms with van der Waals surface area (Å²) in [5.41, 5.74) is 0.483. The zero-order chi connectivity index (χ0) is 25.1. The third-order valence-corrected chi connectivity index (χ3v) is 8.19. The molecule has 35 heavy (non-hydrogen) atoms. The van der Waals surface area contributed by atoms with Gasteiger partial charge in [-0.1, -0.05) is 36.7 Å². The van der Waals surface area contributed by atoms with Gasteiger partial charge in [0.15, 0.2) is 0 Å². The summed E-state index contributed by atoms with van der Waals surface area (Å²) in [5, 5.41) is 3.52. The highest BCUT2D eigenvalue weighted by Crippen LogP contribution is 2.69. The van der Waals surface area contributed by atoms with Gasteiger partial charge in [-0.3, -0.25) is 14.4 Å². The average molecular weight is 497 g/mol. The first-order valence-electron chi connectivity index (χ1n) is 11.8. The number of hydrogen-bond donors (Lipinski definition) is 1. The molecule has 5 rings (SSSR count). The van der Waals surface area contributed by atoms with Crippen LogP contribution in [0.1, 0.15) is 50.8 Å². The van der Waals surface area contributed by atoms with Crippen molar-refractivity contribution >= 4 is 29.4 Å². The van der Waals surface area contributed by atoms with Crippen LogP contribution in [-0.2, 0) is 19.8 Å². The fraction of sp³-hybridized carbons (Fsp3) is 0.444. The summed E-state index contributed by atoms with van der Waals surface area (Å²) >= 11 is 6.09. The number of rotatable bonds is 5. The molecule has 2 aromatic carbocycles. The molecule has 4 atom stereocenters. The van der Waals surface area contributed by atoms with Crippen molar-refractivity contribution in [3.05, 3.63) is 58.6 Å². The first kappa shape index (κ1) is 23.7. The molecular weight excluding hydrogens is 468 g/mol. The van der Waals surface area contributed by atoms with E-state index in [0.717, 1.165) is 5.56 Å². The number of fused-ring (bicyclic) bond motifs is 1. The van der Waals surface area contributed by atoms with Crippen LogP contribution in [0.2, 0.25) is 5.02 Å². The zero-order valence-electron chi connectivity index (χ0n) is 20.3. The number of nitrogens with one attached hydrogen (secondary N) is 1. The smallest absolute Gasteiger partial charge is 0.315 e. The van der Waals surface area contributed by atoms with Crippen molar-refractivity contribution < 1.29 is 23.9 Å². The van der Waals surface area contributed by atoms with Crippen LogP contribution in [0, 0.1) is 11.3 Å². The van der Waals surface area contributed by atoms with Gasteiger partial charge in [0.25, 0.3) is 0 Å². The quantitative estimate of drug-likeness (QED) is 0.499. The van der Waals surface area contributed by atoms with Gasteiger partial charge in [0.05, 0.1) is 13.0 Å². The second kappa shape index (κ2) is 8.26. The highest BCUT2D eigenvalue weighted by atomic mass is 35.5. The molecule has 1 N–H and O–H groups in total. The van der Waals surface area contributed by atoms with Crippen molar-refractivity contribution in [2.75, 3.05) is 13.7 Å². The van der Waals surface area contributed by atoms with E-state index in [0.29, 0.717) is 35.1 Å². The van der Waals surface area contributed by atoms with E-state index in [2.05, 4.69) is 12.2 Å². The maximum atomic E-state index is 13.8. The van der Waals surface area contributed by atoms with Crippen LogP contribution in [0.15, 0.2) is 42.5 Å². The van der Waals surface area contributed by atoms with Crippen LogP contribution >= 0.6 is 11.6 Å². The molecule has 2 aromatic rings. The first-order valence-corrected chi connectivity index (χ1v) is 12.2. The fourth-order valence-corrected chi connectivity index (χ4v) is 6.44. The molecule has 1 saturated carbocycles. The number of benzene rings is 2. The minimum absolute atomic E-state index is 0.0813. The predicted octanol–water partition coefficient (Wildman–Crippen LogP) is 4.03. The van der Waals surface area contributed by atoms with E-state index in [1.165, 1.54) is 0 Å². The van der Waals surface area contributed by atoms with Crippen LogP contribution in [0.25, 0.3) is 0 Å². The molecule has 1 aliphatic carbocycles. The first-order chi connectivity index (χ1) is 16.6. The van der Waals surface area contributed by atoms with Crippen molar-refractivity contribution in [3.8, 4) is 11.5 Å². The molecule has 2 fully saturated rings. The van der Waals surface area contributed by atoms with E-state index in [1.54, 1.807) is 42.3 Å². The lowest BCUT2D eigenvalue weighted by Gasteiger charge is -2.67. The molecule has 1 saturated heterocycles. The topological polar surface area (TPSA) is 84.9 Å². The van der Waals surface area contributed by atoms with Crippen LogP contribution in [0.5, 0.6) is 11.5 Å². The number of amides is 2. The normalized spacial score (nSPS) is 27.7. The number of likely N-dealkylation sites (tertiary alicyclic amines) is 1. The average Bonchev–Trinajstić information content (AvgIpc) is 2.79. The minimum atomic E-state index is -0.790.